The zero-order valence-electron chi connectivity index (χ0n) is 19.1. The summed E-state index contributed by atoms with van der Waals surface area (Å²) in [5.41, 5.74) is 2.70. The van der Waals surface area contributed by atoms with Crippen molar-refractivity contribution in [2.24, 2.45) is 11.8 Å². The van der Waals surface area contributed by atoms with Crippen molar-refractivity contribution in [1.29, 1.82) is 0 Å². The summed E-state index contributed by atoms with van der Waals surface area (Å²) in [5, 5.41) is 18.1. The van der Waals surface area contributed by atoms with Crippen LogP contribution in [0.25, 0.3) is 0 Å². The van der Waals surface area contributed by atoms with Gasteiger partial charge >= 0.3 is 11.9 Å². The van der Waals surface area contributed by atoms with Crippen LogP contribution in [-0.4, -0.2) is 48.6 Å². The highest BCUT2D eigenvalue weighted by atomic mass is 16.5. The first-order valence-corrected chi connectivity index (χ1v) is 11.4. The number of esters is 2. The van der Waals surface area contributed by atoms with Crippen molar-refractivity contribution in [2.75, 3.05) is 26.4 Å². The molecule has 0 aromatic heterocycles. The molecule has 1 aromatic rings. The summed E-state index contributed by atoms with van der Waals surface area (Å²) < 4.78 is 10.6. The molecule has 0 bridgehead atoms. The van der Waals surface area contributed by atoms with Crippen LogP contribution in [0, 0.1) is 11.8 Å². The highest BCUT2D eigenvalue weighted by Crippen LogP contribution is 2.39. The Balaban J connectivity index is 1.97. The van der Waals surface area contributed by atoms with E-state index in [1.54, 1.807) is 0 Å². The Bertz CT molecular complexity index is 742. The van der Waals surface area contributed by atoms with E-state index in [1.807, 2.05) is 0 Å². The maximum atomic E-state index is 11.9. The minimum Gasteiger partial charge on any atom is -0.462 e. The second-order valence-electron chi connectivity index (χ2n) is 8.58. The van der Waals surface area contributed by atoms with Gasteiger partial charge in [0.15, 0.2) is 0 Å². The Morgan fingerprint density at radius 2 is 1.44 bits per heavy atom. The average Bonchev–Trinajstić information content (AvgIpc) is 2.83. The first kappa shape index (κ1) is 25.8. The molecule has 1 aliphatic rings. The number of carbonyl (C=O) groups is 2. The van der Waals surface area contributed by atoms with Crippen LogP contribution in [0.1, 0.15) is 56.1 Å². The first-order chi connectivity index (χ1) is 15.4. The van der Waals surface area contributed by atoms with Gasteiger partial charge in [-0.2, -0.15) is 0 Å². The van der Waals surface area contributed by atoms with Crippen LogP contribution in [0.15, 0.2) is 48.6 Å². The molecular formula is C26H36O6. The van der Waals surface area contributed by atoms with Crippen molar-refractivity contribution in [3.05, 3.63) is 59.7 Å². The van der Waals surface area contributed by atoms with Crippen molar-refractivity contribution in [2.45, 2.75) is 51.4 Å². The lowest BCUT2D eigenvalue weighted by Crippen LogP contribution is -2.31. The van der Waals surface area contributed by atoms with Gasteiger partial charge in [-0.15, -0.1) is 0 Å². The van der Waals surface area contributed by atoms with Crippen molar-refractivity contribution < 1.29 is 29.3 Å². The molecule has 1 fully saturated rings. The van der Waals surface area contributed by atoms with E-state index < -0.39 is 25.2 Å². The third-order valence-electron chi connectivity index (χ3n) is 6.24. The molecule has 2 rings (SSSR count). The van der Waals surface area contributed by atoms with Crippen molar-refractivity contribution >= 4 is 11.9 Å². The molecule has 0 heterocycles. The van der Waals surface area contributed by atoms with Crippen molar-refractivity contribution in [3.8, 4) is 0 Å². The van der Waals surface area contributed by atoms with Crippen LogP contribution in [0.4, 0.5) is 0 Å². The maximum absolute atomic E-state index is 11.9. The lowest BCUT2D eigenvalue weighted by atomic mass is 9.74. The Morgan fingerprint density at radius 1 is 0.938 bits per heavy atom. The van der Waals surface area contributed by atoms with Crippen LogP contribution < -0.4 is 0 Å². The summed E-state index contributed by atoms with van der Waals surface area (Å²) >= 11 is 0. The number of hydrogen-bond donors (Lipinski definition) is 2. The van der Waals surface area contributed by atoms with Gasteiger partial charge in [-0.25, -0.2) is 9.59 Å². The number of aliphatic hydroxyl groups excluding tert-OH is 2. The van der Waals surface area contributed by atoms with Gasteiger partial charge in [0, 0.05) is 5.92 Å². The van der Waals surface area contributed by atoms with Crippen molar-refractivity contribution in [3.63, 3.8) is 0 Å². The number of carbonyl (C=O) groups excluding carboxylic acids is 2. The molecule has 0 radical (unpaired) electrons. The summed E-state index contributed by atoms with van der Waals surface area (Å²) in [6, 6.07) is 8.90. The fraction of sp³-hybridized carbons (Fsp3) is 0.538. The fourth-order valence-corrected chi connectivity index (χ4v) is 4.19. The molecular weight excluding hydrogens is 408 g/mol. The van der Waals surface area contributed by atoms with Crippen LogP contribution in [0.3, 0.4) is 0 Å². The number of hydrogen-bond acceptors (Lipinski definition) is 6. The normalized spacial score (nSPS) is 18.2. The minimum atomic E-state index is -0.649. The molecule has 1 aromatic carbocycles. The molecule has 0 aliphatic heterocycles. The number of aryl methyl sites for hydroxylation is 1. The van der Waals surface area contributed by atoms with Gasteiger partial charge in [0.1, 0.15) is 0 Å². The van der Waals surface area contributed by atoms with Gasteiger partial charge in [-0.1, -0.05) is 50.8 Å². The maximum Gasteiger partial charge on any atom is 0.335 e. The van der Waals surface area contributed by atoms with Gasteiger partial charge in [0.25, 0.3) is 0 Å². The van der Waals surface area contributed by atoms with E-state index in [0.29, 0.717) is 5.92 Å². The van der Waals surface area contributed by atoms with Crippen LogP contribution >= 0.6 is 0 Å². The first-order valence-electron chi connectivity index (χ1n) is 11.4. The van der Waals surface area contributed by atoms with Crippen LogP contribution in [0.5, 0.6) is 0 Å². The number of rotatable bonds is 12. The number of benzene rings is 1. The number of aliphatic hydroxyl groups is 2. The SMILES string of the molecule is C=C(CO)C(=O)OCC(COC(=O)C(=C)CO)C1CCC(c2ccc(CCC)cc2)CC1. The molecule has 6 nitrogen and oxygen atoms in total. The van der Waals surface area contributed by atoms with Gasteiger partial charge < -0.3 is 19.7 Å². The third kappa shape index (κ3) is 7.61. The van der Waals surface area contributed by atoms with E-state index in [2.05, 4.69) is 44.3 Å². The van der Waals surface area contributed by atoms with E-state index in [9.17, 15) is 9.59 Å². The number of ether oxygens (including phenoxy) is 2. The lowest BCUT2D eigenvalue weighted by Gasteiger charge is -2.33. The lowest BCUT2D eigenvalue weighted by molar-refractivity contribution is -0.146. The summed E-state index contributed by atoms with van der Waals surface area (Å²) in [6.45, 7) is 8.39. The predicted octanol–water partition coefficient (Wildman–Crippen LogP) is 3.71. The van der Waals surface area contributed by atoms with Crippen LogP contribution in [-0.2, 0) is 25.5 Å². The molecule has 176 valence electrons. The quantitative estimate of drug-likeness (QED) is 0.377. The second-order valence-corrected chi connectivity index (χ2v) is 8.58. The molecule has 0 atom stereocenters. The summed E-state index contributed by atoms with van der Waals surface area (Å²) in [6.07, 6.45) is 6.13. The molecule has 0 spiro atoms. The minimum absolute atomic E-state index is 0.00960. The van der Waals surface area contributed by atoms with Crippen molar-refractivity contribution in [1.82, 2.24) is 0 Å². The van der Waals surface area contributed by atoms with E-state index in [0.717, 1.165) is 38.5 Å². The molecule has 0 unspecified atom stereocenters. The largest absolute Gasteiger partial charge is 0.462 e. The van der Waals surface area contributed by atoms with E-state index in [-0.39, 0.29) is 36.2 Å². The molecule has 0 amide bonds. The van der Waals surface area contributed by atoms with E-state index >= 15 is 0 Å². The van der Waals surface area contributed by atoms with Gasteiger partial charge in [-0.3, -0.25) is 0 Å². The summed E-state index contributed by atoms with van der Waals surface area (Å²) in [4.78, 5) is 23.9. The Kier molecular flexibility index (Phi) is 10.6. The molecule has 32 heavy (non-hydrogen) atoms. The average molecular weight is 445 g/mol. The van der Waals surface area contributed by atoms with Gasteiger partial charge in [0.2, 0.25) is 0 Å². The third-order valence-corrected chi connectivity index (χ3v) is 6.24. The zero-order chi connectivity index (χ0) is 23.5. The zero-order valence-corrected chi connectivity index (χ0v) is 19.1. The second kappa shape index (κ2) is 13.2. The standard InChI is InChI=1S/C26H36O6/c1-4-5-20-6-8-21(9-7-20)22-10-12-23(13-11-22)24(16-31-25(29)18(2)14-27)17-32-26(30)19(3)15-28/h6-9,22-24,27-28H,2-5,10-17H2,1H3. The van der Waals surface area contributed by atoms with Crippen LogP contribution in [0.2, 0.25) is 0 Å². The monoisotopic (exact) mass is 444 g/mol. The topological polar surface area (TPSA) is 93.1 Å². The van der Waals surface area contributed by atoms with E-state index in [1.165, 1.54) is 11.1 Å². The Morgan fingerprint density at radius 3 is 1.88 bits per heavy atom. The Hall–Kier alpha value is -2.44. The molecule has 0 saturated heterocycles. The highest BCUT2D eigenvalue weighted by molar-refractivity contribution is 5.88. The van der Waals surface area contributed by atoms with E-state index in [4.69, 9.17) is 19.7 Å². The molecule has 2 N–H and O–H groups in total. The molecule has 1 saturated carbocycles. The fourth-order valence-electron chi connectivity index (χ4n) is 4.19. The molecule has 6 heteroatoms. The summed E-state index contributed by atoms with van der Waals surface area (Å²) in [7, 11) is 0. The molecule has 1 aliphatic carbocycles. The Labute approximate surface area is 190 Å². The smallest absolute Gasteiger partial charge is 0.335 e. The van der Waals surface area contributed by atoms with Gasteiger partial charge in [0.05, 0.1) is 37.6 Å². The van der Waals surface area contributed by atoms with Gasteiger partial charge in [-0.05, 0) is 55.1 Å². The highest BCUT2D eigenvalue weighted by Gasteiger charge is 2.30. The predicted molar refractivity (Wildman–Crippen MR) is 123 cm³/mol. The summed E-state index contributed by atoms with van der Waals surface area (Å²) in [5.74, 6) is -0.741.